The topological polar surface area (TPSA) is 37.4 Å². The van der Waals surface area contributed by atoms with Crippen molar-refractivity contribution in [3.05, 3.63) is 29.6 Å². The van der Waals surface area contributed by atoms with Crippen LogP contribution in [0.3, 0.4) is 0 Å². The Morgan fingerprint density at radius 3 is 2.50 bits per heavy atom. The molecule has 1 N–H and O–H groups in total. The highest BCUT2D eigenvalue weighted by Gasteiger charge is 2.27. The van der Waals surface area contributed by atoms with E-state index in [0.717, 1.165) is 75.5 Å². The molecule has 0 aliphatic carbocycles. The molecule has 0 amide bonds. The van der Waals surface area contributed by atoms with E-state index >= 15 is 0 Å². The lowest BCUT2D eigenvalue weighted by Crippen LogP contribution is -2.46. The van der Waals surface area contributed by atoms with Gasteiger partial charge in [0.15, 0.2) is 5.96 Å². The van der Waals surface area contributed by atoms with Gasteiger partial charge in [-0.25, -0.2) is 9.38 Å². The SMILES string of the molecule is CCNC(=NCc1ccc(N2CCN(CC)CC2)c(F)c1)N1CCC(CN2CCCC2)C1. The van der Waals surface area contributed by atoms with Gasteiger partial charge in [0.2, 0.25) is 0 Å². The fraction of sp³-hybridized carbons (Fsp3) is 0.720. The smallest absolute Gasteiger partial charge is 0.194 e. The largest absolute Gasteiger partial charge is 0.367 e. The van der Waals surface area contributed by atoms with Crippen LogP contribution in [0.2, 0.25) is 0 Å². The van der Waals surface area contributed by atoms with Crippen molar-refractivity contribution in [3.8, 4) is 0 Å². The Bertz CT molecular complexity index is 755. The van der Waals surface area contributed by atoms with E-state index in [1.54, 1.807) is 6.07 Å². The number of anilines is 1. The molecule has 3 fully saturated rings. The summed E-state index contributed by atoms with van der Waals surface area (Å²) in [6.45, 7) is 16.4. The molecule has 3 aliphatic heterocycles. The van der Waals surface area contributed by atoms with Crippen molar-refractivity contribution in [2.24, 2.45) is 10.9 Å². The van der Waals surface area contributed by atoms with E-state index in [-0.39, 0.29) is 5.82 Å². The van der Waals surface area contributed by atoms with Gasteiger partial charge in [0.1, 0.15) is 5.82 Å². The Kier molecular flexibility index (Phi) is 8.25. The maximum atomic E-state index is 14.9. The number of guanidine groups is 1. The first kappa shape index (κ1) is 23.3. The summed E-state index contributed by atoms with van der Waals surface area (Å²) in [5.74, 6) is 1.57. The molecule has 1 aromatic carbocycles. The van der Waals surface area contributed by atoms with Gasteiger partial charge in [0.25, 0.3) is 0 Å². The molecule has 3 saturated heterocycles. The molecule has 0 saturated carbocycles. The van der Waals surface area contributed by atoms with Crippen LogP contribution in [-0.2, 0) is 6.54 Å². The van der Waals surface area contributed by atoms with Gasteiger partial charge in [-0.2, -0.15) is 0 Å². The molecule has 7 heteroatoms. The zero-order valence-corrected chi connectivity index (χ0v) is 20.0. The average Bonchev–Trinajstić information content (AvgIpc) is 3.49. The fourth-order valence-electron chi connectivity index (χ4n) is 5.31. The van der Waals surface area contributed by atoms with Gasteiger partial charge in [-0.15, -0.1) is 0 Å². The monoisotopic (exact) mass is 444 g/mol. The summed E-state index contributed by atoms with van der Waals surface area (Å²) < 4.78 is 14.9. The van der Waals surface area contributed by atoms with Gasteiger partial charge in [-0.1, -0.05) is 13.0 Å². The molecule has 0 radical (unpaired) electrons. The van der Waals surface area contributed by atoms with Crippen molar-refractivity contribution < 1.29 is 4.39 Å². The zero-order chi connectivity index (χ0) is 22.3. The van der Waals surface area contributed by atoms with Crippen LogP contribution in [0.1, 0.15) is 38.7 Å². The number of likely N-dealkylation sites (tertiary alicyclic amines) is 2. The minimum atomic E-state index is -0.125. The van der Waals surface area contributed by atoms with E-state index in [1.807, 2.05) is 12.1 Å². The Morgan fingerprint density at radius 1 is 1.03 bits per heavy atom. The summed E-state index contributed by atoms with van der Waals surface area (Å²) in [5, 5.41) is 3.45. The fourth-order valence-corrected chi connectivity index (χ4v) is 5.31. The van der Waals surface area contributed by atoms with E-state index in [0.29, 0.717) is 6.54 Å². The van der Waals surface area contributed by atoms with Crippen LogP contribution in [0.15, 0.2) is 23.2 Å². The first-order valence-electron chi connectivity index (χ1n) is 12.7. The summed E-state index contributed by atoms with van der Waals surface area (Å²) in [4.78, 5) is 14.5. The number of likely N-dealkylation sites (N-methyl/N-ethyl adjacent to an activating group) is 1. The second-order valence-electron chi connectivity index (χ2n) is 9.49. The third-order valence-electron chi connectivity index (χ3n) is 7.22. The minimum Gasteiger partial charge on any atom is -0.367 e. The van der Waals surface area contributed by atoms with Crippen molar-refractivity contribution in [2.45, 2.75) is 39.7 Å². The Balaban J connectivity index is 1.34. The van der Waals surface area contributed by atoms with Gasteiger partial charge < -0.3 is 24.9 Å². The molecule has 3 aliphatic rings. The number of nitrogens with one attached hydrogen (secondary N) is 1. The first-order chi connectivity index (χ1) is 15.7. The number of hydrogen-bond donors (Lipinski definition) is 1. The maximum Gasteiger partial charge on any atom is 0.194 e. The molecule has 178 valence electrons. The standard InChI is InChI=1S/C25H41FN6/c1-3-27-25(32-12-9-22(20-32)19-30-10-5-6-11-30)28-18-21-7-8-24(23(26)17-21)31-15-13-29(4-2)14-16-31/h7-8,17,22H,3-6,9-16,18-20H2,1-2H3,(H,27,28). The Labute approximate surface area is 193 Å². The predicted octanol–water partition coefficient (Wildman–Crippen LogP) is 2.85. The molecular weight excluding hydrogens is 403 g/mol. The summed E-state index contributed by atoms with van der Waals surface area (Å²) in [6.07, 6.45) is 3.94. The minimum absolute atomic E-state index is 0.125. The Hall–Kier alpha value is -1.86. The molecular formula is C25H41FN6. The number of rotatable bonds is 7. The molecule has 6 nitrogen and oxygen atoms in total. The molecule has 4 rings (SSSR count). The normalized spacial score (nSPS) is 23.3. The summed E-state index contributed by atoms with van der Waals surface area (Å²) in [7, 11) is 0. The molecule has 0 spiro atoms. The number of halogens is 1. The molecule has 32 heavy (non-hydrogen) atoms. The predicted molar refractivity (Wildman–Crippen MR) is 131 cm³/mol. The third kappa shape index (κ3) is 5.93. The molecule has 1 atom stereocenters. The first-order valence-corrected chi connectivity index (χ1v) is 12.7. The Morgan fingerprint density at radius 2 is 1.81 bits per heavy atom. The number of benzene rings is 1. The van der Waals surface area contributed by atoms with Crippen LogP contribution < -0.4 is 10.2 Å². The number of hydrogen-bond acceptors (Lipinski definition) is 4. The third-order valence-corrected chi connectivity index (χ3v) is 7.22. The van der Waals surface area contributed by atoms with Crippen LogP contribution in [-0.4, -0.2) is 92.7 Å². The van der Waals surface area contributed by atoms with Crippen molar-refractivity contribution >= 4 is 11.6 Å². The van der Waals surface area contributed by atoms with Crippen LogP contribution in [0, 0.1) is 11.7 Å². The van der Waals surface area contributed by atoms with E-state index in [9.17, 15) is 4.39 Å². The lowest BCUT2D eigenvalue weighted by molar-refractivity contribution is 0.270. The van der Waals surface area contributed by atoms with E-state index in [1.165, 1.54) is 38.9 Å². The van der Waals surface area contributed by atoms with Gasteiger partial charge in [0.05, 0.1) is 12.2 Å². The van der Waals surface area contributed by atoms with Gasteiger partial charge >= 0.3 is 0 Å². The van der Waals surface area contributed by atoms with Crippen molar-refractivity contribution in [2.75, 3.05) is 76.9 Å². The number of aliphatic imine (C=N–C) groups is 1. The lowest BCUT2D eigenvalue weighted by Gasteiger charge is -2.35. The molecule has 1 aromatic rings. The van der Waals surface area contributed by atoms with Crippen molar-refractivity contribution in [1.82, 2.24) is 20.0 Å². The summed E-state index contributed by atoms with van der Waals surface area (Å²) in [5.41, 5.74) is 1.66. The molecule has 1 unspecified atom stereocenters. The van der Waals surface area contributed by atoms with Crippen LogP contribution in [0.4, 0.5) is 10.1 Å². The molecule has 0 bridgehead atoms. The number of nitrogens with zero attached hydrogens (tertiary/aromatic N) is 5. The van der Waals surface area contributed by atoms with Crippen LogP contribution in [0.25, 0.3) is 0 Å². The van der Waals surface area contributed by atoms with Gasteiger partial charge in [-0.3, -0.25) is 0 Å². The van der Waals surface area contributed by atoms with Gasteiger partial charge in [-0.05, 0) is 69.4 Å². The van der Waals surface area contributed by atoms with Crippen LogP contribution >= 0.6 is 0 Å². The highest BCUT2D eigenvalue weighted by molar-refractivity contribution is 5.80. The maximum absolute atomic E-state index is 14.9. The number of piperazine rings is 1. The van der Waals surface area contributed by atoms with E-state index in [4.69, 9.17) is 4.99 Å². The second-order valence-corrected chi connectivity index (χ2v) is 9.49. The molecule has 3 heterocycles. The summed E-state index contributed by atoms with van der Waals surface area (Å²) in [6, 6.07) is 5.66. The van der Waals surface area contributed by atoms with Crippen molar-refractivity contribution in [3.63, 3.8) is 0 Å². The highest BCUT2D eigenvalue weighted by atomic mass is 19.1. The van der Waals surface area contributed by atoms with E-state index in [2.05, 4.69) is 38.8 Å². The van der Waals surface area contributed by atoms with Crippen molar-refractivity contribution in [1.29, 1.82) is 0 Å². The highest BCUT2D eigenvalue weighted by Crippen LogP contribution is 2.23. The zero-order valence-electron chi connectivity index (χ0n) is 20.0. The lowest BCUT2D eigenvalue weighted by atomic mass is 10.1. The summed E-state index contributed by atoms with van der Waals surface area (Å²) >= 11 is 0. The van der Waals surface area contributed by atoms with E-state index < -0.39 is 0 Å². The quantitative estimate of drug-likeness (QED) is 0.517. The second kappa shape index (κ2) is 11.3. The van der Waals surface area contributed by atoms with Crippen LogP contribution in [0.5, 0.6) is 0 Å². The molecule has 0 aromatic heterocycles. The average molecular weight is 445 g/mol. The van der Waals surface area contributed by atoms with Gasteiger partial charge in [0, 0.05) is 52.4 Å².